The third-order valence-corrected chi connectivity index (χ3v) is 3.85. The number of methoxy groups -OCH3 is 1. The zero-order valence-electron chi connectivity index (χ0n) is 12.4. The highest BCUT2D eigenvalue weighted by molar-refractivity contribution is 5.95. The fraction of sp³-hybridized carbons (Fsp3) is 0.294. The van der Waals surface area contributed by atoms with Crippen LogP contribution in [0.1, 0.15) is 23.2 Å². The summed E-state index contributed by atoms with van der Waals surface area (Å²) in [5.74, 6) is -0.0488. The van der Waals surface area contributed by atoms with Crippen LogP contribution < -0.4 is 4.74 Å². The van der Waals surface area contributed by atoms with Crippen LogP contribution in [0.2, 0.25) is 0 Å². The molecule has 1 aliphatic rings. The standard InChI is InChI=1S/C17H17FN2O2/c1-22-15-6-4-5-13(18)16(15)14-11-12(7-8-19-14)17(21)20-9-2-3-10-20/h4-8,11H,2-3,9-10H2,1H3. The molecule has 22 heavy (non-hydrogen) atoms. The van der Waals surface area contributed by atoms with Crippen LogP contribution in [0.25, 0.3) is 11.3 Å². The fourth-order valence-electron chi connectivity index (χ4n) is 2.73. The molecule has 1 fully saturated rings. The van der Waals surface area contributed by atoms with Gasteiger partial charge in [-0.3, -0.25) is 9.78 Å². The molecule has 1 aliphatic heterocycles. The summed E-state index contributed by atoms with van der Waals surface area (Å²) < 4.78 is 19.3. The Kier molecular flexibility index (Phi) is 4.04. The summed E-state index contributed by atoms with van der Waals surface area (Å²) in [6.45, 7) is 1.55. The van der Waals surface area contributed by atoms with Crippen molar-refractivity contribution < 1.29 is 13.9 Å². The van der Waals surface area contributed by atoms with E-state index >= 15 is 0 Å². The quantitative estimate of drug-likeness (QED) is 0.874. The summed E-state index contributed by atoms with van der Waals surface area (Å²) in [5, 5.41) is 0. The Morgan fingerprint density at radius 1 is 1.27 bits per heavy atom. The van der Waals surface area contributed by atoms with Gasteiger partial charge in [0.1, 0.15) is 11.6 Å². The van der Waals surface area contributed by atoms with Crippen LogP contribution >= 0.6 is 0 Å². The predicted octanol–water partition coefficient (Wildman–Crippen LogP) is 3.13. The minimum Gasteiger partial charge on any atom is -0.496 e. The first-order valence-electron chi connectivity index (χ1n) is 7.29. The van der Waals surface area contributed by atoms with Crippen LogP contribution in [0.15, 0.2) is 36.5 Å². The largest absolute Gasteiger partial charge is 0.496 e. The maximum atomic E-state index is 14.1. The van der Waals surface area contributed by atoms with Gasteiger partial charge in [0.15, 0.2) is 0 Å². The Bertz CT molecular complexity index is 697. The number of aromatic nitrogens is 1. The van der Waals surface area contributed by atoms with Crippen molar-refractivity contribution in [1.29, 1.82) is 0 Å². The Balaban J connectivity index is 2.00. The lowest BCUT2D eigenvalue weighted by Gasteiger charge is -2.16. The van der Waals surface area contributed by atoms with Gasteiger partial charge in [0.05, 0.1) is 18.4 Å². The Morgan fingerprint density at radius 3 is 2.77 bits per heavy atom. The zero-order valence-corrected chi connectivity index (χ0v) is 12.4. The Labute approximate surface area is 128 Å². The number of pyridine rings is 1. The second kappa shape index (κ2) is 6.13. The van der Waals surface area contributed by atoms with E-state index in [-0.39, 0.29) is 11.5 Å². The number of amides is 1. The molecule has 0 saturated carbocycles. The maximum absolute atomic E-state index is 14.1. The van der Waals surface area contributed by atoms with Gasteiger partial charge in [-0.2, -0.15) is 0 Å². The number of benzene rings is 1. The lowest BCUT2D eigenvalue weighted by Crippen LogP contribution is -2.27. The van der Waals surface area contributed by atoms with Gasteiger partial charge in [0, 0.05) is 24.8 Å². The average Bonchev–Trinajstić information content (AvgIpc) is 3.08. The molecule has 0 radical (unpaired) electrons. The van der Waals surface area contributed by atoms with Crippen molar-refractivity contribution in [1.82, 2.24) is 9.88 Å². The minimum absolute atomic E-state index is 0.0311. The molecule has 0 atom stereocenters. The van der Waals surface area contributed by atoms with E-state index in [9.17, 15) is 9.18 Å². The first-order chi connectivity index (χ1) is 10.7. The summed E-state index contributed by atoms with van der Waals surface area (Å²) in [4.78, 5) is 18.5. The topological polar surface area (TPSA) is 42.4 Å². The summed E-state index contributed by atoms with van der Waals surface area (Å²) >= 11 is 0. The van der Waals surface area contributed by atoms with Crippen molar-refractivity contribution in [3.05, 3.63) is 47.9 Å². The average molecular weight is 300 g/mol. The smallest absolute Gasteiger partial charge is 0.253 e. The molecule has 2 aromatic rings. The van der Waals surface area contributed by atoms with Crippen LogP contribution in [0.5, 0.6) is 5.75 Å². The summed E-state index contributed by atoms with van der Waals surface area (Å²) in [6.07, 6.45) is 3.60. The first-order valence-corrected chi connectivity index (χ1v) is 7.29. The SMILES string of the molecule is COc1cccc(F)c1-c1cc(C(=O)N2CCCC2)ccn1. The zero-order chi connectivity index (χ0) is 15.5. The van der Waals surface area contributed by atoms with Gasteiger partial charge in [-0.15, -0.1) is 0 Å². The summed E-state index contributed by atoms with van der Waals surface area (Å²) in [5.41, 5.74) is 1.21. The molecule has 5 heteroatoms. The predicted molar refractivity (Wildman–Crippen MR) is 81.3 cm³/mol. The number of likely N-dealkylation sites (tertiary alicyclic amines) is 1. The molecule has 3 rings (SSSR count). The number of hydrogen-bond donors (Lipinski definition) is 0. The molecule has 0 N–H and O–H groups in total. The van der Waals surface area contributed by atoms with E-state index in [0.29, 0.717) is 17.0 Å². The second-order valence-electron chi connectivity index (χ2n) is 5.25. The fourth-order valence-corrected chi connectivity index (χ4v) is 2.73. The normalized spacial score (nSPS) is 14.2. The second-order valence-corrected chi connectivity index (χ2v) is 5.25. The molecular formula is C17H17FN2O2. The van der Waals surface area contributed by atoms with Crippen molar-refractivity contribution in [3.63, 3.8) is 0 Å². The highest BCUT2D eigenvalue weighted by Gasteiger charge is 2.21. The van der Waals surface area contributed by atoms with E-state index in [1.807, 2.05) is 4.90 Å². The summed E-state index contributed by atoms with van der Waals surface area (Å²) in [6, 6.07) is 7.90. The number of halogens is 1. The van der Waals surface area contributed by atoms with Gasteiger partial charge in [-0.25, -0.2) is 4.39 Å². The van der Waals surface area contributed by atoms with Gasteiger partial charge < -0.3 is 9.64 Å². The molecule has 1 saturated heterocycles. The number of rotatable bonds is 3. The Morgan fingerprint density at radius 2 is 2.05 bits per heavy atom. The molecule has 0 unspecified atom stereocenters. The van der Waals surface area contributed by atoms with Crippen molar-refractivity contribution >= 4 is 5.91 Å². The van der Waals surface area contributed by atoms with Crippen LogP contribution in [0.4, 0.5) is 4.39 Å². The highest BCUT2D eigenvalue weighted by Crippen LogP contribution is 2.31. The number of hydrogen-bond acceptors (Lipinski definition) is 3. The van der Waals surface area contributed by atoms with Gasteiger partial charge in [-0.1, -0.05) is 6.07 Å². The number of nitrogens with zero attached hydrogens (tertiary/aromatic N) is 2. The van der Waals surface area contributed by atoms with E-state index in [2.05, 4.69) is 4.98 Å². The van der Waals surface area contributed by atoms with Crippen LogP contribution in [0.3, 0.4) is 0 Å². The summed E-state index contributed by atoms with van der Waals surface area (Å²) in [7, 11) is 1.48. The number of ether oxygens (including phenoxy) is 1. The van der Waals surface area contributed by atoms with Crippen LogP contribution in [0, 0.1) is 5.82 Å². The van der Waals surface area contributed by atoms with Gasteiger partial charge in [0.25, 0.3) is 5.91 Å². The molecule has 1 aromatic heterocycles. The van der Waals surface area contributed by atoms with Crippen molar-refractivity contribution in [2.45, 2.75) is 12.8 Å². The molecule has 1 aromatic carbocycles. The highest BCUT2D eigenvalue weighted by atomic mass is 19.1. The van der Waals surface area contributed by atoms with Crippen molar-refractivity contribution in [3.8, 4) is 17.0 Å². The lowest BCUT2D eigenvalue weighted by molar-refractivity contribution is 0.0792. The molecule has 114 valence electrons. The van der Waals surface area contributed by atoms with Gasteiger partial charge >= 0.3 is 0 Å². The van der Waals surface area contributed by atoms with E-state index in [0.717, 1.165) is 25.9 Å². The lowest BCUT2D eigenvalue weighted by atomic mass is 10.1. The molecule has 1 amide bonds. The number of carbonyl (C=O) groups is 1. The van der Waals surface area contributed by atoms with Crippen LogP contribution in [-0.4, -0.2) is 36.0 Å². The van der Waals surface area contributed by atoms with E-state index in [4.69, 9.17) is 4.74 Å². The Hall–Kier alpha value is -2.43. The van der Waals surface area contributed by atoms with E-state index in [1.165, 1.54) is 19.4 Å². The van der Waals surface area contributed by atoms with Crippen molar-refractivity contribution in [2.75, 3.05) is 20.2 Å². The monoisotopic (exact) mass is 300 g/mol. The van der Waals surface area contributed by atoms with E-state index < -0.39 is 5.82 Å². The van der Waals surface area contributed by atoms with Gasteiger partial charge in [-0.05, 0) is 37.1 Å². The maximum Gasteiger partial charge on any atom is 0.253 e. The minimum atomic E-state index is -0.419. The molecule has 0 spiro atoms. The molecule has 4 nitrogen and oxygen atoms in total. The number of carbonyl (C=O) groups excluding carboxylic acids is 1. The molecular weight excluding hydrogens is 283 g/mol. The third-order valence-electron chi connectivity index (χ3n) is 3.85. The third kappa shape index (κ3) is 2.66. The van der Waals surface area contributed by atoms with Crippen LogP contribution in [-0.2, 0) is 0 Å². The molecule has 2 heterocycles. The van der Waals surface area contributed by atoms with Crippen molar-refractivity contribution in [2.24, 2.45) is 0 Å². The molecule has 0 aliphatic carbocycles. The molecule has 0 bridgehead atoms. The van der Waals surface area contributed by atoms with E-state index in [1.54, 1.807) is 24.3 Å². The first kappa shape index (κ1) is 14.5. The van der Waals surface area contributed by atoms with Gasteiger partial charge in [0.2, 0.25) is 0 Å².